The minimum atomic E-state index is -0.724. The highest BCUT2D eigenvalue weighted by Gasteiger charge is 2.24. The number of hydrogen-bond acceptors (Lipinski definition) is 1. The van der Waals surface area contributed by atoms with Gasteiger partial charge in [-0.25, -0.2) is 8.78 Å². The molecule has 114 valence electrons. The number of hydrogen-bond donors (Lipinski definition) is 0. The SMILES string of the molecule is CCCCC[C@H]1CC[C@H](c2cc(F)c(C#N)c(F)c2)CC1. The quantitative estimate of drug-likeness (QED) is 0.639. The first-order valence-corrected chi connectivity index (χ1v) is 8.04. The molecule has 0 saturated heterocycles. The fraction of sp³-hybridized carbons (Fsp3) is 0.611. The fourth-order valence-electron chi connectivity index (χ4n) is 3.40. The zero-order valence-electron chi connectivity index (χ0n) is 12.7. The van der Waals surface area contributed by atoms with Crippen LogP contribution in [0.4, 0.5) is 8.78 Å². The van der Waals surface area contributed by atoms with Gasteiger partial charge < -0.3 is 0 Å². The smallest absolute Gasteiger partial charge is 0.144 e. The van der Waals surface area contributed by atoms with Crippen LogP contribution in [0.2, 0.25) is 0 Å². The molecule has 1 fully saturated rings. The predicted octanol–water partition coefficient (Wildman–Crippen LogP) is 5.69. The topological polar surface area (TPSA) is 23.8 Å². The third kappa shape index (κ3) is 4.03. The van der Waals surface area contributed by atoms with E-state index in [9.17, 15) is 8.78 Å². The molecular weight excluding hydrogens is 268 g/mol. The number of halogens is 2. The number of benzene rings is 1. The van der Waals surface area contributed by atoms with Crippen LogP contribution in [-0.4, -0.2) is 0 Å². The lowest BCUT2D eigenvalue weighted by molar-refractivity contribution is 0.302. The Bertz CT molecular complexity index is 487. The lowest BCUT2D eigenvalue weighted by atomic mass is 9.77. The third-order valence-corrected chi connectivity index (χ3v) is 4.71. The molecule has 1 saturated carbocycles. The van der Waals surface area contributed by atoms with Gasteiger partial charge in [0.2, 0.25) is 0 Å². The summed E-state index contributed by atoms with van der Waals surface area (Å²) in [5.74, 6) is -0.430. The Morgan fingerprint density at radius 1 is 1.10 bits per heavy atom. The van der Waals surface area contributed by atoms with Crippen LogP contribution in [0.25, 0.3) is 0 Å². The Kier molecular flexibility index (Phi) is 5.73. The van der Waals surface area contributed by atoms with Gasteiger partial charge in [0.05, 0.1) is 0 Å². The standard InChI is InChI=1S/C18H23F2N/c1-2-3-4-5-13-6-8-14(9-7-13)15-10-17(19)16(12-21)18(20)11-15/h10-11,13-14H,2-9H2,1H3/t13-,14-. The summed E-state index contributed by atoms with van der Waals surface area (Å²) in [5, 5.41) is 8.71. The van der Waals surface area contributed by atoms with E-state index in [1.807, 2.05) is 0 Å². The van der Waals surface area contributed by atoms with E-state index >= 15 is 0 Å². The minimum Gasteiger partial charge on any atom is -0.205 e. The first-order chi connectivity index (χ1) is 10.2. The van der Waals surface area contributed by atoms with Gasteiger partial charge in [0, 0.05) is 0 Å². The first-order valence-electron chi connectivity index (χ1n) is 8.04. The van der Waals surface area contributed by atoms with Crippen LogP contribution in [0.15, 0.2) is 12.1 Å². The predicted molar refractivity (Wildman–Crippen MR) is 79.9 cm³/mol. The lowest BCUT2D eigenvalue weighted by Crippen LogP contribution is -2.14. The van der Waals surface area contributed by atoms with Crippen LogP contribution in [0.5, 0.6) is 0 Å². The molecule has 1 aliphatic carbocycles. The summed E-state index contributed by atoms with van der Waals surface area (Å²) in [6, 6.07) is 4.28. The average molecular weight is 291 g/mol. The van der Waals surface area contributed by atoms with E-state index in [0.717, 1.165) is 37.2 Å². The summed E-state index contributed by atoms with van der Waals surface area (Å²) in [4.78, 5) is 0. The van der Waals surface area contributed by atoms with Gasteiger partial charge in [-0.2, -0.15) is 5.26 Å². The van der Waals surface area contributed by atoms with Gasteiger partial charge in [0.25, 0.3) is 0 Å². The fourth-order valence-corrected chi connectivity index (χ4v) is 3.40. The first kappa shape index (κ1) is 15.9. The maximum Gasteiger partial charge on any atom is 0.144 e. The van der Waals surface area contributed by atoms with Gasteiger partial charge in [-0.1, -0.05) is 32.6 Å². The van der Waals surface area contributed by atoms with E-state index in [-0.39, 0.29) is 5.92 Å². The molecule has 3 heteroatoms. The van der Waals surface area contributed by atoms with Crippen molar-refractivity contribution >= 4 is 0 Å². The van der Waals surface area contributed by atoms with Gasteiger partial charge in [-0.05, 0) is 55.2 Å². The van der Waals surface area contributed by atoms with Crippen LogP contribution >= 0.6 is 0 Å². The number of unbranched alkanes of at least 4 members (excludes halogenated alkanes) is 2. The highest BCUT2D eigenvalue weighted by atomic mass is 19.1. The maximum absolute atomic E-state index is 13.7. The largest absolute Gasteiger partial charge is 0.205 e. The second-order valence-electron chi connectivity index (χ2n) is 6.18. The van der Waals surface area contributed by atoms with Crippen molar-refractivity contribution in [1.82, 2.24) is 0 Å². The maximum atomic E-state index is 13.7. The highest BCUT2D eigenvalue weighted by molar-refractivity contribution is 5.36. The van der Waals surface area contributed by atoms with Crippen molar-refractivity contribution in [3.05, 3.63) is 34.9 Å². The summed E-state index contributed by atoms with van der Waals surface area (Å²) < 4.78 is 27.4. The highest BCUT2D eigenvalue weighted by Crippen LogP contribution is 2.38. The van der Waals surface area contributed by atoms with Crippen LogP contribution in [-0.2, 0) is 0 Å². The number of nitrogens with zero attached hydrogens (tertiary/aromatic N) is 1. The molecule has 0 atom stereocenters. The van der Waals surface area contributed by atoms with Gasteiger partial charge in [-0.3, -0.25) is 0 Å². The van der Waals surface area contributed by atoms with Crippen molar-refractivity contribution in [2.75, 3.05) is 0 Å². The average Bonchev–Trinajstić information content (AvgIpc) is 2.48. The summed E-state index contributed by atoms with van der Waals surface area (Å²) >= 11 is 0. The summed E-state index contributed by atoms with van der Waals surface area (Å²) in [6.45, 7) is 2.21. The Morgan fingerprint density at radius 3 is 2.24 bits per heavy atom. The second kappa shape index (κ2) is 7.54. The number of rotatable bonds is 5. The Morgan fingerprint density at radius 2 is 1.71 bits per heavy atom. The van der Waals surface area contributed by atoms with Crippen molar-refractivity contribution < 1.29 is 8.78 Å². The molecule has 0 heterocycles. The van der Waals surface area contributed by atoms with Gasteiger partial charge in [0.1, 0.15) is 23.3 Å². The monoisotopic (exact) mass is 291 g/mol. The summed E-state index contributed by atoms with van der Waals surface area (Å²) in [7, 11) is 0. The molecule has 2 rings (SSSR count). The van der Waals surface area contributed by atoms with Crippen molar-refractivity contribution in [3.63, 3.8) is 0 Å². The van der Waals surface area contributed by atoms with E-state index < -0.39 is 17.2 Å². The van der Waals surface area contributed by atoms with Crippen LogP contribution in [0, 0.1) is 28.9 Å². The molecule has 1 aliphatic rings. The van der Waals surface area contributed by atoms with Crippen molar-refractivity contribution in [1.29, 1.82) is 5.26 Å². The molecule has 1 nitrogen and oxygen atoms in total. The Labute approximate surface area is 126 Å². The van der Waals surface area contributed by atoms with Crippen LogP contribution in [0.1, 0.15) is 75.3 Å². The molecule has 0 aliphatic heterocycles. The van der Waals surface area contributed by atoms with E-state index in [2.05, 4.69) is 6.92 Å². The van der Waals surface area contributed by atoms with E-state index in [4.69, 9.17) is 5.26 Å². The van der Waals surface area contributed by atoms with Crippen molar-refractivity contribution in [2.24, 2.45) is 5.92 Å². The summed E-state index contributed by atoms with van der Waals surface area (Å²) in [5.41, 5.74) is 0.253. The Balaban J connectivity index is 1.95. The molecule has 1 aromatic rings. The minimum absolute atomic E-state index is 0.240. The zero-order chi connectivity index (χ0) is 15.2. The van der Waals surface area contributed by atoms with Gasteiger partial charge in [0.15, 0.2) is 0 Å². The van der Waals surface area contributed by atoms with E-state index in [0.29, 0.717) is 0 Å². The molecule has 0 radical (unpaired) electrons. The molecule has 21 heavy (non-hydrogen) atoms. The molecule has 0 spiro atoms. The van der Waals surface area contributed by atoms with E-state index in [1.54, 1.807) is 6.07 Å². The molecular formula is C18H23F2N. The third-order valence-electron chi connectivity index (χ3n) is 4.71. The molecule has 1 aromatic carbocycles. The van der Waals surface area contributed by atoms with Crippen molar-refractivity contribution in [2.45, 2.75) is 64.2 Å². The van der Waals surface area contributed by atoms with Crippen LogP contribution < -0.4 is 0 Å². The normalized spacial score (nSPS) is 22.0. The summed E-state index contributed by atoms with van der Waals surface area (Å²) in [6.07, 6.45) is 9.44. The Hall–Kier alpha value is -1.43. The molecule has 0 aromatic heterocycles. The molecule has 0 N–H and O–H groups in total. The van der Waals surface area contributed by atoms with Crippen LogP contribution in [0.3, 0.4) is 0 Å². The molecule has 0 amide bonds. The number of nitriles is 1. The van der Waals surface area contributed by atoms with Crippen molar-refractivity contribution in [3.8, 4) is 6.07 Å². The van der Waals surface area contributed by atoms with Gasteiger partial charge >= 0.3 is 0 Å². The van der Waals surface area contributed by atoms with E-state index in [1.165, 1.54) is 37.8 Å². The molecule has 0 bridgehead atoms. The lowest BCUT2D eigenvalue weighted by Gasteiger charge is -2.29. The van der Waals surface area contributed by atoms with Gasteiger partial charge in [-0.15, -0.1) is 0 Å². The zero-order valence-corrected chi connectivity index (χ0v) is 12.7. The molecule has 0 unspecified atom stereocenters. The second-order valence-corrected chi connectivity index (χ2v) is 6.18.